The predicted molar refractivity (Wildman–Crippen MR) is 117 cm³/mol. The summed E-state index contributed by atoms with van der Waals surface area (Å²) in [5, 5.41) is 0. The Bertz CT molecular complexity index is 1120. The highest BCUT2D eigenvalue weighted by Crippen LogP contribution is 2.34. The maximum atomic E-state index is 13.4. The van der Waals surface area contributed by atoms with Gasteiger partial charge in [-0.3, -0.25) is 4.98 Å². The van der Waals surface area contributed by atoms with E-state index in [2.05, 4.69) is 22.1 Å². The van der Waals surface area contributed by atoms with Crippen LogP contribution in [0.2, 0.25) is 0 Å². The molecule has 2 heterocycles. The third kappa shape index (κ3) is 4.50. The summed E-state index contributed by atoms with van der Waals surface area (Å²) in [6, 6.07) is 19.8. The zero-order valence-corrected chi connectivity index (χ0v) is 16.4. The second-order valence-corrected chi connectivity index (χ2v) is 7.15. The molecule has 1 atom stereocenters. The normalized spacial score (nSPS) is 11.9. The Balaban J connectivity index is 1.71. The van der Waals surface area contributed by atoms with E-state index in [1.807, 2.05) is 30.3 Å². The van der Waals surface area contributed by atoms with E-state index in [0.717, 1.165) is 16.7 Å². The SMILES string of the molecule is Nc1nc(C[C@@H](N)Cc2ccccc2)nc(-c2ccncc2)c1-c1ccc(F)cc1. The summed E-state index contributed by atoms with van der Waals surface area (Å²) in [5.74, 6) is 0.603. The molecule has 4 N–H and O–H groups in total. The Hall–Kier alpha value is -3.64. The van der Waals surface area contributed by atoms with Crippen LogP contribution in [0.4, 0.5) is 10.2 Å². The molecule has 2 aromatic heterocycles. The second kappa shape index (κ2) is 8.80. The summed E-state index contributed by atoms with van der Waals surface area (Å²) in [4.78, 5) is 13.4. The molecular weight excluding hydrogens is 377 g/mol. The van der Waals surface area contributed by atoms with Crippen molar-refractivity contribution in [2.24, 2.45) is 5.73 Å². The fourth-order valence-corrected chi connectivity index (χ4v) is 3.46. The van der Waals surface area contributed by atoms with E-state index in [4.69, 9.17) is 16.5 Å². The van der Waals surface area contributed by atoms with Gasteiger partial charge < -0.3 is 11.5 Å². The highest BCUT2D eigenvalue weighted by Gasteiger charge is 2.18. The Morgan fingerprint density at radius 3 is 2.20 bits per heavy atom. The van der Waals surface area contributed by atoms with Crippen molar-refractivity contribution in [1.82, 2.24) is 15.0 Å². The van der Waals surface area contributed by atoms with Crippen LogP contribution in [-0.4, -0.2) is 21.0 Å². The van der Waals surface area contributed by atoms with Crippen molar-refractivity contribution in [3.8, 4) is 22.4 Å². The number of nitrogens with zero attached hydrogens (tertiary/aromatic N) is 3. The first-order chi connectivity index (χ1) is 14.6. The fraction of sp³-hybridized carbons (Fsp3) is 0.125. The third-order valence-electron chi connectivity index (χ3n) is 4.86. The lowest BCUT2D eigenvalue weighted by Crippen LogP contribution is -2.26. The lowest BCUT2D eigenvalue weighted by Gasteiger charge is -2.16. The van der Waals surface area contributed by atoms with Crippen LogP contribution >= 0.6 is 0 Å². The molecule has 0 spiro atoms. The predicted octanol–water partition coefficient (Wildman–Crippen LogP) is 4.04. The zero-order valence-electron chi connectivity index (χ0n) is 16.4. The first-order valence-electron chi connectivity index (χ1n) is 9.72. The van der Waals surface area contributed by atoms with Crippen LogP contribution in [0.15, 0.2) is 79.1 Å². The van der Waals surface area contributed by atoms with Crippen LogP contribution in [0.1, 0.15) is 11.4 Å². The minimum absolute atomic E-state index is 0.145. The maximum Gasteiger partial charge on any atom is 0.135 e. The first kappa shape index (κ1) is 19.7. The van der Waals surface area contributed by atoms with E-state index in [9.17, 15) is 4.39 Å². The molecule has 6 heteroatoms. The van der Waals surface area contributed by atoms with Crippen LogP contribution in [0.3, 0.4) is 0 Å². The second-order valence-electron chi connectivity index (χ2n) is 7.15. The van der Waals surface area contributed by atoms with E-state index in [1.165, 1.54) is 12.1 Å². The van der Waals surface area contributed by atoms with Gasteiger partial charge in [-0.1, -0.05) is 42.5 Å². The maximum absolute atomic E-state index is 13.4. The molecule has 4 rings (SSSR count). The molecular formula is C24H22FN5. The molecule has 0 unspecified atom stereocenters. The molecule has 0 radical (unpaired) electrons. The van der Waals surface area contributed by atoms with Crippen LogP contribution in [-0.2, 0) is 12.8 Å². The Labute approximate surface area is 174 Å². The molecule has 4 aromatic rings. The molecule has 0 aliphatic rings. The van der Waals surface area contributed by atoms with Gasteiger partial charge in [0.1, 0.15) is 17.5 Å². The molecule has 0 amide bonds. The molecule has 0 aliphatic carbocycles. The van der Waals surface area contributed by atoms with E-state index in [1.54, 1.807) is 24.5 Å². The number of hydrogen-bond donors (Lipinski definition) is 2. The summed E-state index contributed by atoms with van der Waals surface area (Å²) in [7, 11) is 0. The number of aromatic nitrogens is 3. The van der Waals surface area contributed by atoms with Gasteiger partial charge in [0, 0.05) is 30.4 Å². The smallest absolute Gasteiger partial charge is 0.135 e. The van der Waals surface area contributed by atoms with Crippen LogP contribution in [0, 0.1) is 5.82 Å². The van der Waals surface area contributed by atoms with Crippen molar-refractivity contribution in [2.75, 3.05) is 5.73 Å². The third-order valence-corrected chi connectivity index (χ3v) is 4.86. The summed E-state index contributed by atoms with van der Waals surface area (Å²) in [5.41, 5.74) is 16.8. The molecule has 0 bridgehead atoms. The fourth-order valence-electron chi connectivity index (χ4n) is 3.46. The van der Waals surface area contributed by atoms with Crippen LogP contribution in [0.5, 0.6) is 0 Å². The molecule has 0 fully saturated rings. The Morgan fingerprint density at radius 2 is 1.50 bits per heavy atom. The number of benzene rings is 2. The average molecular weight is 399 g/mol. The molecule has 5 nitrogen and oxygen atoms in total. The average Bonchev–Trinajstić information content (AvgIpc) is 2.75. The molecule has 0 aliphatic heterocycles. The standard InChI is InChI=1S/C24H22FN5/c25-19-8-6-17(7-9-19)22-23(18-10-12-28-13-11-18)29-21(30-24(22)27)15-20(26)14-16-4-2-1-3-5-16/h1-13,20H,14-15,26H2,(H2,27,29,30)/t20-/m0/s1. The molecule has 0 saturated carbocycles. The van der Waals surface area contributed by atoms with Gasteiger partial charge >= 0.3 is 0 Å². The van der Waals surface area contributed by atoms with Crippen molar-refractivity contribution >= 4 is 5.82 Å². The minimum atomic E-state index is -0.313. The van der Waals surface area contributed by atoms with E-state index >= 15 is 0 Å². The molecule has 30 heavy (non-hydrogen) atoms. The summed E-state index contributed by atoms with van der Waals surface area (Å²) >= 11 is 0. The number of hydrogen-bond acceptors (Lipinski definition) is 5. The number of pyridine rings is 1. The van der Waals surface area contributed by atoms with E-state index in [-0.39, 0.29) is 11.9 Å². The number of nitrogens with two attached hydrogens (primary N) is 2. The Morgan fingerprint density at radius 1 is 0.800 bits per heavy atom. The number of rotatable bonds is 6. The first-order valence-corrected chi connectivity index (χ1v) is 9.72. The number of halogens is 1. The van der Waals surface area contributed by atoms with Gasteiger partial charge in [-0.15, -0.1) is 0 Å². The Kier molecular flexibility index (Phi) is 5.77. The van der Waals surface area contributed by atoms with Gasteiger partial charge in [-0.05, 0) is 41.8 Å². The highest BCUT2D eigenvalue weighted by molar-refractivity contribution is 5.87. The molecule has 2 aromatic carbocycles. The summed E-state index contributed by atoms with van der Waals surface area (Å²) in [6.45, 7) is 0. The topological polar surface area (TPSA) is 90.7 Å². The van der Waals surface area contributed by atoms with Crippen LogP contribution < -0.4 is 11.5 Å². The largest absolute Gasteiger partial charge is 0.383 e. The lowest BCUT2D eigenvalue weighted by atomic mass is 9.99. The van der Waals surface area contributed by atoms with Gasteiger partial charge in [0.25, 0.3) is 0 Å². The monoisotopic (exact) mass is 399 g/mol. The van der Waals surface area contributed by atoms with Crippen molar-refractivity contribution in [1.29, 1.82) is 0 Å². The van der Waals surface area contributed by atoms with Gasteiger partial charge in [0.2, 0.25) is 0 Å². The van der Waals surface area contributed by atoms with Crippen molar-refractivity contribution in [2.45, 2.75) is 18.9 Å². The minimum Gasteiger partial charge on any atom is -0.383 e. The summed E-state index contributed by atoms with van der Waals surface area (Å²) < 4.78 is 13.4. The van der Waals surface area contributed by atoms with Crippen molar-refractivity contribution < 1.29 is 4.39 Å². The van der Waals surface area contributed by atoms with E-state index in [0.29, 0.717) is 35.7 Å². The van der Waals surface area contributed by atoms with Crippen LogP contribution in [0.25, 0.3) is 22.4 Å². The highest BCUT2D eigenvalue weighted by atomic mass is 19.1. The van der Waals surface area contributed by atoms with E-state index < -0.39 is 0 Å². The van der Waals surface area contributed by atoms with Gasteiger partial charge in [0.15, 0.2) is 0 Å². The number of nitrogen functional groups attached to an aromatic ring is 1. The number of anilines is 1. The van der Waals surface area contributed by atoms with Crippen molar-refractivity contribution in [3.63, 3.8) is 0 Å². The van der Waals surface area contributed by atoms with Gasteiger partial charge in [-0.2, -0.15) is 0 Å². The molecule has 0 saturated heterocycles. The van der Waals surface area contributed by atoms with Gasteiger partial charge in [-0.25, -0.2) is 14.4 Å². The van der Waals surface area contributed by atoms with Gasteiger partial charge in [0.05, 0.1) is 11.3 Å². The quantitative estimate of drug-likeness (QED) is 0.511. The zero-order chi connectivity index (χ0) is 20.9. The van der Waals surface area contributed by atoms with Crippen molar-refractivity contribution in [3.05, 3.63) is 96.3 Å². The molecule has 150 valence electrons. The summed E-state index contributed by atoms with van der Waals surface area (Å²) in [6.07, 6.45) is 4.60. The lowest BCUT2D eigenvalue weighted by molar-refractivity contribution is 0.628.